The SMILES string of the molecule is NC(=O)C(Cc1cc2cnccc2[nH]1)c1cc(N)cnc1-c1ccccc1. The number of amides is 1. The van der Waals surface area contributed by atoms with Crippen molar-refractivity contribution in [3.8, 4) is 11.3 Å². The second kappa shape index (κ2) is 6.92. The molecule has 0 aliphatic heterocycles. The summed E-state index contributed by atoms with van der Waals surface area (Å²) in [6.07, 6.45) is 5.53. The number of fused-ring (bicyclic) bond motifs is 1. The lowest BCUT2D eigenvalue weighted by molar-refractivity contribution is -0.119. The molecule has 4 aromatic rings. The zero-order valence-corrected chi connectivity index (χ0v) is 14.6. The monoisotopic (exact) mass is 357 g/mol. The van der Waals surface area contributed by atoms with E-state index in [0.717, 1.165) is 27.7 Å². The Morgan fingerprint density at radius 2 is 1.93 bits per heavy atom. The number of primary amides is 1. The topological polar surface area (TPSA) is 111 Å². The molecule has 1 aromatic carbocycles. The maximum atomic E-state index is 12.3. The fraction of sp³-hybridized carbons (Fsp3) is 0.0952. The number of anilines is 1. The molecule has 6 heteroatoms. The summed E-state index contributed by atoms with van der Waals surface area (Å²) in [7, 11) is 0. The van der Waals surface area contributed by atoms with Crippen LogP contribution in [0.4, 0.5) is 5.69 Å². The van der Waals surface area contributed by atoms with Crippen LogP contribution in [0.1, 0.15) is 17.2 Å². The van der Waals surface area contributed by atoms with Crippen LogP contribution in [0.3, 0.4) is 0 Å². The Hall–Kier alpha value is -3.67. The lowest BCUT2D eigenvalue weighted by atomic mass is 9.90. The first-order chi connectivity index (χ1) is 13.1. The summed E-state index contributed by atoms with van der Waals surface area (Å²) in [5.74, 6) is -0.978. The van der Waals surface area contributed by atoms with Crippen molar-refractivity contribution in [2.75, 3.05) is 5.73 Å². The van der Waals surface area contributed by atoms with Crippen LogP contribution in [-0.4, -0.2) is 20.9 Å². The number of nitrogen functional groups attached to an aromatic ring is 1. The van der Waals surface area contributed by atoms with Crippen molar-refractivity contribution in [3.63, 3.8) is 0 Å². The number of aromatic amines is 1. The van der Waals surface area contributed by atoms with Gasteiger partial charge in [0.25, 0.3) is 0 Å². The third-order valence-electron chi connectivity index (χ3n) is 4.61. The molecule has 0 fully saturated rings. The van der Waals surface area contributed by atoms with Crippen molar-refractivity contribution in [3.05, 3.63) is 78.4 Å². The van der Waals surface area contributed by atoms with E-state index in [1.165, 1.54) is 0 Å². The number of carbonyl (C=O) groups is 1. The van der Waals surface area contributed by atoms with E-state index in [2.05, 4.69) is 15.0 Å². The molecule has 27 heavy (non-hydrogen) atoms. The molecular formula is C21H19N5O. The minimum atomic E-state index is -0.558. The van der Waals surface area contributed by atoms with E-state index in [1.54, 1.807) is 24.7 Å². The standard InChI is InChI=1S/C21H19N5O/c22-15-9-17(20(25-12-15)13-4-2-1-3-5-13)18(21(23)27)10-16-8-14-11-24-7-6-19(14)26-16/h1-9,11-12,18,26H,10,22H2,(H2,23,27). The Kier molecular flexibility index (Phi) is 4.30. The molecule has 5 N–H and O–H groups in total. The largest absolute Gasteiger partial charge is 0.397 e. The Labute approximate surface area is 156 Å². The molecule has 1 amide bonds. The first-order valence-electron chi connectivity index (χ1n) is 8.63. The van der Waals surface area contributed by atoms with Gasteiger partial charge in [0.2, 0.25) is 5.91 Å². The van der Waals surface area contributed by atoms with Crippen LogP contribution in [0, 0.1) is 0 Å². The molecule has 0 saturated heterocycles. The highest BCUT2D eigenvalue weighted by Gasteiger charge is 2.24. The molecule has 6 nitrogen and oxygen atoms in total. The average molecular weight is 357 g/mol. The number of nitrogens with one attached hydrogen (secondary N) is 1. The van der Waals surface area contributed by atoms with Crippen LogP contribution in [0.2, 0.25) is 0 Å². The van der Waals surface area contributed by atoms with Gasteiger partial charge in [-0.2, -0.15) is 0 Å². The van der Waals surface area contributed by atoms with E-state index in [1.807, 2.05) is 42.5 Å². The molecule has 0 aliphatic carbocycles. The van der Waals surface area contributed by atoms with Crippen molar-refractivity contribution < 1.29 is 4.79 Å². The van der Waals surface area contributed by atoms with E-state index >= 15 is 0 Å². The molecule has 0 aliphatic rings. The molecule has 1 atom stereocenters. The summed E-state index contributed by atoms with van der Waals surface area (Å²) in [5.41, 5.74) is 16.5. The molecular weight excluding hydrogens is 338 g/mol. The first kappa shape index (κ1) is 16.8. The molecule has 0 spiro atoms. The van der Waals surface area contributed by atoms with Gasteiger partial charge in [0.05, 0.1) is 23.5 Å². The van der Waals surface area contributed by atoms with Crippen LogP contribution >= 0.6 is 0 Å². The van der Waals surface area contributed by atoms with Gasteiger partial charge in [-0.15, -0.1) is 0 Å². The summed E-state index contributed by atoms with van der Waals surface area (Å²) in [4.78, 5) is 24.3. The average Bonchev–Trinajstić information content (AvgIpc) is 3.09. The molecule has 3 aromatic heterocycles. The van der Waals surface area contributed by atoms with Crippen molar-refractivity contribution in [2.45, 2.75) is 12.3 Å². The van der Waals surface area contributed by atoms with Crippen molar-refractivity contribution >= 4 is 22.5 Å². The van der Waals surface area contributed by atoms with Gasteiger partial charge in [-0.1, -0.05) is 30.3 Å². The Bertz CT molecular complexity index is 1070. The van der Waals surface area contributed by atoms with Gasteiger partial charge in [-0.05, 0) is 23.8 Å². The van der Waals surface area contributed by atoms with E-state index < -0.39 is 11.8 Å². The molecule has 0 bridgehead atoms. The van der Waals surface area contributed by atoms with Gasteiger partial charge in [0.1, 0.15) is 0 Å². The highest BCUT2D eigenvalue weighted by atomic mass is 16.1. The maximum absolute atomic E-state index is 12.3. The summed E-state index contributed by atoms with van der Waals surface area (Å²) < 4.78 is 0. The van der Waals surface area contributed by atoms with Crippen LogP contribution in [0.25, 0.3) is 22.2 Å². The van der Waals surface area contributed by atoms with Gasteiger partial charge in [-0.3, -0.25) is 14.8 Å². The van der Waals surface area contributed by atoms with Gasteiger partial charge < -0.3 is 16.5 Å². The minimum absolute atomic E-state index is 0.420. The van der Waals surface area contributed by atoms with Crippen LogP contribution in [0.15, 0.2) is 67.1 Å². The van der Waals surface area contributed by atoms with Gasteiger partial charge in [-0.25, -0.2) is 0 Å². The Balaban J connectivity index is 1.78. The van der Waals surface area contributed by atoms with Gasteiger partial charge in [0.15, 0.2) is 0 Å². The summed E-state index contributed by atoms with van der Waals surface area (Å²) in [6.45, 7) is 0. The number of hydrogen-bond acceptors (Lipinski definition) is 4. The van der Waals surface area contributed by atoms with Gasteiger partial charge in [0, 0.05) is 41.0 Å². The number of hydrogen-bond donors (Lipinski definition) is 3. The lowest BCUT2D eigenvalue weighted by Gasteiger charge is -2.17. The number of nitrogens with two attached hydrogens (primary N) is 2. The third kappa shape index (κ3) is 3.37. The predicted molar refractivity (Wildman–Crippen MR) is 106 cm³/mol. The van der Waals surface area contributed by atoms with Crippen molar-refractivity contribution in [1.29, 1.82) is 0 Å². The molecule has 1 unspecified atom stereocenters. The maximum Gasteiger partial charge on any atom is 0.225 e. The highest BCUT2D eigenvalue weighted by molar-refractivity contribution is 5.86. The first-order valence-corrected chi connectivity index (χ1v) is 8.63. The molecule has 0 saturated carbocycles. The molecule has 3 heterocycles. The Morgan fingerprint density at radius 1 is 1.11 bits per heavy atom. The zero-order chi connectivity index (χ0) is 18.8. The zero-order valence-electron chi connectivity index (χ0n) is 14.6. The number of pyridine rings is 2. The summed E-state index contributed by atoms with van der Waals surface area (Å²) in [5, 5.41) is 0.990. The third-order valence-corrected chi connectivity index (χ3v) is 4.61. The van der Waals surface area contributed by atoms with E-state index in [9.17, 15) is 4.79 Å². The number of nitrogens with zero attached hydrogens (tertiary/aromatic N) is 2. The number of carbonyl (C=O) groups excluding carboxylic acids is 1. The molecule has 134 valence electrons. The second-order valence-electron chi connectivity index (χ2n) is 6.49. The fourth-order valence-electron chi connectivity index (χ4n) is 3.33. The lowest BCUT2D eigenvalue weighted by Crippen LogP contribution is -2.24. The van der Waals surface area contributed by atoms with E-state index in [0.29, 0.717) is 17.8 Å². The number of rotatable bonds is 5. The Morgan fingerprint density at radius 3 is 2.67 bits per heavy atom. The second-order valence-corrected chi connectivity index (χ2v) is 6.49. The number of aromatic nitrogens is 3. The van der Waals surface area contributed by atoms with Crippen molar-refractivity contribution in [2.24, 2.45) is 5.73 Å². The smallest absolute Gasteiger partial charge is 0.225 e. The minimum Gasteiger partial charge on any atom is -0.397 e. The van der Waals surface area contributed by atoms with Crippen LogP contribution in [0.5, 0.6) is 0 Å². The predicted octanol–water partition coefficient (Wildman–Crippen LogP) is 3.02. The highest BCUT2D eigenvalue weighted by Crippen LogP contribution is 2.31. The normalized spacial score (nSPS) is 12.1. The summed E-state index contributed by atoms with van der Waals surface area (Å²) >= 11 is 0. The number of H-pyrrole nitrogens is 1. The molecule has 0 radical (unpaired) electrons. The summed E-state index contributed by atoms with van der Waals surface area (Å²) in [6, 6.07) is 15.4. The van der Waals surface area contributed by atoms with Crippen LogP contribution in [-0.2, 0) is 11.2 Å². The quantitative estimate of drug-likeness (QED) is 0.510. The number of benzene rings is 1. The van der Waals surface area contributed by atoms with E-state index in [-0.39, 0.29) is 0 Å². The molecule has 4 rings (SSSR count). The van der Waals surface area contributed by atoms with Crippen LogP contribution < -0.4 is 11.5 Å². The van der Waals surface area contributed by atoms with Gasteiger partial charge >= 0.3 is 0 Å². The van der Waals surface area contributed by atoms with E-state index in [4.69, 9.17) is 11.5 Å². The van der Waals surface area contributed by atoms with Crippen molar-refractivity contribution in [1.82, 2.24) is 15.0 Å². The fourth-order valence-corrected chi connectivity index (χ4v) is 3.33.